The topological polar surface area (TPSA) is 50.1 Å². The van der Waals surface area contributed by atoms with Crippen molar-refractivity contribution in [1.82, 2.24) is 0 Å². The summed E-state index contributed by atoms with van der Waals surface area (Å²) in [6.45, 7) is 4.55. The summed E-state index contributed by atoms with van der Waals surface area (Å²) in [6.07, 6.45) is 3.66. The molecule has 0 radical (unpaired) electrons. The van der Waals surface area contributed by atoms with Crippen molar-refractivity contribution in [2.24, 2.45) is 5.92 Å². The number of nitriles is 1. The minimum absolute atomic E-state index is 0.0233. The number of carbonyl (C=O) groups is 1. The van der Waals surface area contributed by atoms with Crippen LogP contribution in [0.1, 0.15) is 43.7 Å². The first-order valence-electron chi connectivity index (χ1n) is 9.04. The third-order valence-electron chi connectivity index (χ3n) is 4.44. The minimum atomic E-state index is -0.563. The van der Waals surface area contributed by atoms with Crippen molar-refractivity contribution >= 4 is 12.0 Å². The number of ether oxygens (including phenoxy) is 1. The van der Waals surface area contributed by atoms with E-state index in [4.69, 9.17) is 4.74 Å². The molecule has 3 nitrogen and oxygen atoms in total. The quantitative estimate of drug-likeness (QED) is 0.367. The standard InChI is InChI=1S/C23H25NO2/c1-3-10-22(20-13-8-5-9-14-20)18(2)17-26-23(25)21(16-24)15-19-11-6-4-7-12-19/h4-9,11-15,18,22H,3,10,17H2,1-2H3. The molecule has 2 unspecified atom stereocenters. The maximum Gasteiger partial charge on any atom is 0.348 e. The lowest BCUT2D eigenvalue weighted by atomic mass is 9.84. The normalized spacial score (nSPS) is 13.5. The van der Waals surface area contributed by atoms with Crippen LogP contribution in [0.15, 0.2) is 66.2 Å². The maximum atomic E-state index is 12.3. The molecule has 0 fully saturated rings. The fourth-order valence-electron chi connectivity index (χ4n) is 3.04. The molecule has 0 aliphatic carbocycles. The second kappa shape index (κ2) is 10.2. The van der Waals surface area contributed by atoms with E-state index in [1.165, 1.54) is 5.56 Å². The van der Waals surface area contributed by atoms with Gasteiger partial charge in [-0.15, -0.1) is 0 Å². The summed E-state index contributed by atoms with van der Waals surface area (Å²) in [5.74, 6) is -0.0536. The predicted molar refractivity (Wildman–Crippen MR) is 104 cm³/mol. The van der Waals surface area contributed by atoms with Gasteiger partial charge in [-0.25, -0.2) is 4.79 Å². The zero-order chi connectivity index (χ0) is 18.8. The van der Waals surface area contributed by atoms with E-state index >= 15 is 0 Å². The van der Waals surface area contributed by atoms with Gasteiger partial charge < -0.3 is 4.74 Å². The van der Waals surface area contributed by atoms with Crippen molar-refractivity contribution in [3.05, 3.63) is 77.4 Å². The monoisotopic (exact) mass is 347 g/mol. The van der Waals surface area contributed by atoms with Gasteiger partial charge in [0.1, 0.15) is 11.6 Å². The van der Waals surface area contributed by atoms with Gasteiger partial charge >= 0.3 is 5.97 Å². The van der Waals surface area contributed by atoms with Crippen LogP contribution in [0.3, 0.4) is 0 Å². The Bertz CT molecular complexity index is 760. The molecule has 0 amide bonds. The van der Waals surface area contributed by atoms with E-state index in [0.29, 0.717) is 12.5 Å². The number of carbonyl (C=O) groups excluding carboxylic acids is 1. The van der Waals surface area contributed by atoms with Crippen LogP contribution in [-0.2, 0) is 9.53 Å². The van der Waals surface area contributed by atoms with Crippen molar-refractivity contribution in [1.29, 1.82) is 5.26 Å². The molecule has 0 heterocycles. The van der Waals surface area contributed by atoms with Crippen LogP contribution < -0.4 is 0 Å². The van der Waals surface area contributed by atoms with Crippen molar-refractivity contribution < 1.29 is 9.53 Å². The van der Waals surface area contributed by atoms with E-state index in [-0.39, 0.29) is 11.5 Å². The van der Waals surface area contributed by atoms with Gasteiger partial charge in [0.05, 0.1) is 6.61 Å². The van der Waals surface area contributed by atoms with Gasteiger partial charge in [0.2, 0.25) is 0 Å². The molecular formula is C23H25NO2. The third kappa shape index (κ3) is 5.60. The molecule has 0 bridgehead atoms. The number of nitrogens with zero attached hydrogens (tertiary/aromatic N) is 1. The molecule has 134 valence electrons. The van der Waals surface area contributed by atoms with Gasteiger partial charge in [-0.1, -0.05) is 80.9 Å². The summed E-state index contributed by atoms with van der Waals surface area (Å²) in [6, 6.07) is 21.6. The fourth-order valence-corrected chi connectivity index (χ4v) is 3.04. The molecule has 0 N–H and O–H groups in total. The minimum Gasteiger partial charge on any atom is -0.461 e. The maximum absolute atomic E-state index is 12.3. The average molecular weight is 347 g/mol. The Hall–Kier alpha value is -2.86. The molecule has 0 saturated carbocycles. The molecule has 0 aromatic heterocycles. The van der Waals surface area contributed by atoms with Gasteiger partial charge in [-0.3, -0.25) is 0 Å². The highest BCUT2D eigenvalue weighted by Gasteiger charge is 2.21. The Morgan fingerprint density at radius 1 is 1.12 bits per heavy atom. The predicted octanol–water partition coefficient (Wildman–Crippen LogP) is 5.36. The second-order valence-corrected chi connectivity index (χ2v) is 6.46. The highest BCUT2D eigenvalue weighted by Crippen LogP contribution is 2.29. The Morgan fingerprint density at radius 2 is 1.73 bits per heavy atom. The smallest absolute Gasteiger partial charge is 0.348 e. The zero-order valence-corrected chi connectivity index (χ0v) is 15.4. The summed E-state index contributed by atoms with van der Waals surface area (Å²) in [4.78, 5) is 12.3. The largest absolute Gasteiger partial charge is 0.461 e. The van der Waals surface area contributed by atoms with Gasteiger partial charge in [0.15, 0.2) is 0 Å². The Labute approximate surface area is 155 Å². The summed E-state index contributed by atoms with van der Waals surface area (Å²) < 4.78 is 5.45. The lowest BCUT2D eigenvalue weighted by Gasteiger charge is -2.24. The highest BCUT2D eigenvalue weighted by molar-refractivity contribution is 5.97. The lowest BCUT2D eigenvalue weighted by Crippen LogP contribution is -2.19. The van der Waals surface area contributed by atoms with Crippen LogP contribution in [0.2, 0.25) is 0 Å². The molecule has 2 rings (SSSR count). The molecule has 0 spiro atoms. The van der Waals surface area contributed by atoms with Crippen LogP contribution in [0.25, 0.3) is 6.08 Å². The molecule has 0 aliphatic heterocycles. The summed E-state index contributed by atoms with van der Waals surface area (Å²) in [5, 5.41) is 9.28. The van der Waals surface area contributed by atoms with E-state index < -0.39 is 5.97 Å². The molecule has 2 aromatic rings. The highest BCUT2D eigenvalue weighted by atomic mass is 16.5. The number of benzene rings is 2. The molecular weight excluding hydrogens is 322 g/mol. The van der Waals surface area contributed by atoms with Crippen LogP contribution in [0.4, 0.5) is 0 Å². The number of hydrogen-bond donors (Lipinski definition) is 0. The number of hydrogen-bond acceptors (Lipinski definition) is 3. The van der Waals surface area contributed by atoms with Gasteiger partial charge in [-0.05, 0) is 35.5 Å². The molecule has 2 aromatic carbocycles. The Balaban J connectivity index is 2.02. The first-order chi connectivity index (χ1) is 12.7. The molecule has 0 aliphatic rings. The van der Waals surface area contributed by atoms with Crippen LogP contribution in [-0.4, -0.2) is 12.6 Å². The van der Waals surface area contributed by atoms with E-state index in [1.807, 2.05) is 54.6 Å². The number of esters is 1. The van der Waals surface area contributed by atoms with E-state index in [9.17, 15) is 10.1 Å². The van der Waals surface area contributed by atoms with E-state index in [0.717, 1.165) is 18.4 Å². The Morgan fingerprint density at radius 3 is 2.31 bits per heavy atom. The van der Waals surface area contributed by atoms with Crippen LogP contribution in [0, 0.1) is 17.2 Å². The molecule has 2 atom stereocenters. The molecule has 26 heavy (non-hydrogen) atoms. The molecule has 3 heteroatoms. The van der Waals surface area contributed by atoms with E-state index in [2.05, 4.69) is 26.0 Å². The zero-order valence-electron chi connectivity index (χ0n) is 15.4. The summed E-state index contributed by atoms with van der Waals surface area (Å²) >= 11 is 0. The van der Waals surface area contributed by atoms with Crippen LogP contribution in [0.5, 0.6) is 0 Å². The van der Waals surface area contributed by atoms with Gasteiger partial charge in [0, 0.05) is 0 Å². The van der Waals surface area contributed by atoms with Crippen molar-refractivity contribution in [2.75, 3.05) is 6.61 Å². The number of rotatable bonds is 8. The third-order valence-corrected chi connectivity index (χ3v) is 4.44. The van der Waals surface area contributed by atoms with Gasteiger partial charge in [0.25, 0.3) is 0 Å². The summed E-state index contributed by atoms with van der Waals surface area (Å²) in [5.41, 5.74) is 2.09. The van der Waals surface area contributed by atoms with Crippen LogP contribution >= 0.6 is 0 Å². The van der Waals surface area contributed by atoms with Gasteiger partial charge in [-0.2, -0.15) is 5.26 Å². The van der Waals surface area contributed by atoms with Crippen molar-refractivity contribution in [2.45, 2.75) is 32.6 Å². The SMILES string of the molecule is CCCC(c1ccccc1)C(C)COC(=O)C(C#N)=Cc1ccccc1. The second-order valence-electron chi connectivity index (χ2n) is 6.46. The first-order valence-corrected chi connectivity index (χ1v) is 9.04. The summed E-state index contributed by atoms with van der Waals surface area (Å²) in [7, 11) is 0. The van der Waals surface area contributed by atoms with Crippen molar-refractivity contribution in [3.8, 4) is 6.07 Å². The van der Waals surface area contributed by atoms with E-state index in [1.54, 1.807) is 6.08 Å². The average Bonchev–Trinajstić information content (AvgIpc) is 2.69. The molecule has 0 saturated heterocycles. The fraction of sp³-hybridized carbons (Fsp3) is 0.304. The first kappa shape index (κ1) is 19.5. The van der Waals surface area contributed by atoms with Crippen molar-refractivity contribution in [3.63, 3.8) is 0 Å². The Kier molecular flexibility index (Phi) is 7.64. The lowest BCUT2D eigenvalue weighted by molar-refractivity contribution is -0.139.